The third-order valence-corrected chi connectivity index (χ3v) is 5.34. The first-order valence-electron chi connectivity index (χ1n) is 8.99. The van der Waals surface area contributed by atoms with E-state index >= 15 is 0 Å². The van der Waals surface area contributed by atoms with Crippen molar-refractivity contribution in [3.63, 3.8) is 0 Å². The van der Waals surface area contributed by atoms with E-state index in [1.165, 1.54) is 11.8 Å². The van der Waals surface area contributed by atoms with Gasteiger partial charge in [-0.3, -0.25) is 4.79 Å². The van der Waals surface area contributed by atoms with Gasteiger partial charge in [0.15, 0.2) is 17.5 Å². The smallest absolute Gasteiger partial charge is 0.344 e. The topological polar surface area (TPSA) is 77.0 Å². The molecule has 0 aliphatic carbocycles. The molecule has 2 aromatic carbocycles. The second-order valence-corrected chi connectivity index (χ2v) is 8.07. The van der Waals surface area contributed by atoms with Gasteiger partial charge in [0.05, 0.1) is 27.2 Å². The highest BCUT2D eigenvalue weighted by Gasteiger charge is 2.24. The van der Waals surface area contributed by atoms with Crippen LogP contribution in [0.3, 0.4) is 0 Å². The van der Waals surface area contributed by atoms with E-state index in [-0.39, 0.29) is 34.9 Å². The van der Waals surface area contributed by atoms with Crippen LogP contribution in [0.1, 0.15) is 18.1 Å². The zero-order chi connectivity index (χ0) is 21.7. The molecular formula is C21H18Cl2N2O4S. The molecule has 1 fully saturated rings. The molecule has 1 N–H and O–H groups in total. The quantitative estimate of drug-likeness (QED) is 0.473. The minimum Gasteiger partial charge on any atom is -0.479 e. The lowest BCUT2D eigenvalue weighted by Gasteiger charge is -2.10. The number of nitrogens with zero attached hydrogens (tertiary/aromatic N) is 1. The van der Waals surface area contributed by atoms with E-state index in [9.17, 15) is 9.59 Å². The molecule has 6 nitrogen and oxygen atoms in total. The lowest BCUT2D eigenvalue weighted by molar-refractivity contribution is -0.145. The number of amidine groups is 1. The lowest BCUT2D eigenvalue weighted by Crippen LogP contribution is -2.19. The molecule has 30 heavy (non-hydrogen) atoms. The van der Waals surface area contributed by atoms with Gasteiger partial charge in [0, 0.05) is 0 Å². The Morgan fingerprint density at radius 3 is 2.50 bits per heavy atom. The first kappa shape index (κ1) is 22.2. The summed E-state index contributed by atoms with van der Waals surface area (Å²) >= 11 is 13.7. The van der Waals surface area contributed by atoms with E-state index in [0.717, 1.165) is 11.3 Å². The summed E-state index contributed by atoms with van der Waals surface area (Å²) in [5, 5.41) is 3.66. The van der Waals surface area contributed by atoms with Gasteiger partial charge in [-0.1, -0.05) is 40.9 Å². The molecule has 0 radical (unpaired) electrons. The number of aliphatic imine (C=N–C) groups is 1. The SMILES string of the molecule is CCOC(=O)COc1c(Cl)cc(/C=C2/SC(=Nc3ccc(C)cc3)NC2=O)cc1Cl. The van der Waals surface area contributed by atoms with E-state index in [0.29, 0.717) is 15.6 Å². The number of benzene rings is 2. The zero-order valence-corrected chi connectivity index (χ0v) is 18.5. The van der Waals surface area contributed by atoms with Gasteiger partial charge >= 0.3 is 5.97 Å². The van der Waals surface area contributed by atoms with Crippen LogP contribution >= 0.6 is 35.0 Å². The minimum atomic E-state index is -0.518. The number of rotatable bonds is 6. The maximum Gasteiger partial charge on any atom is 0.344 e. The number of carbonyl (C=O) groups excluding carboxylic acids is 2. The van der Waals surface area contributed by atoms with Crippen molar-refractivity contribution < 1.29 is 19.1 Å². The van der Waals surface area contributed by atoms with Crippen LogP contribution in [0.15, 0.2) is 46.3 Å². The predicted octanol–water partition coefficient (Wildman–Crippen LogP) is 5.14. The molecule has 2 aromatic rings. The molecule has 0 atom stereocenters. The number of amides is 1. The molecule has 1 saturated heterocycles. The number of hydrogen-bond donors (Lipinski definition) is 1. The fourth-order valence-corrected chi connectivity index (χ4v) is 3.96. The summed E-state index contributed by atoms with van der Waals surface area (Å²) in [6.45, 7) is 3.65. The molecule has 9 heteroatoms. The highest BCUT2D eigenvalue weighted by Crippen LogP contribution is 2.36. The number of nitrogens with one attached hydrogen (secondary N) is 1. The molecule has 1 heterocycles. The van der Waals surface area contributed by atoms with E-state index in [1.54, 1.807) is 25.1 Å². The van der Waals surface area contributed by atoms with Crippen molar-refractivity contribution in [1.82, 2.24) is 5.32 Å². The number of hydrogen-bond acceptors (Lipinski definition) is 6. The molecule has 0 spiro atoms. The Hall–Kier alpha value is -2.48. The summed E-state index contributed by atoms with van der Waals surface area (Å²) in [4.78, 5) is 28.6. The van der Waals surface area contributed by atoms with Crippen molar-refractivity contribution in [3.05, 3.63) is 62.5 Å². The Kier molecular flexibility index (Phi) is 7.42. The fourth-order valence-electron chi connectivity index (χ4n) is 2.50. The van der Waals surface area contributed by atoms with Gasteiger partial charge in [-0.15, -0.1) is 0 Å². The second kappa shape index (κ2) is 10.0. The summed E-state index contributed by atoms with van der Waals surface area (Å²) in [6, 6.07) is 10.9. The van der Waals surface area contributed by atoms with E-state index in [4.69, 9.17) is 32.7 Å². The Balaban J connectivity index is 1.75. The highest BCUT2D eigenvalue weighted by molar-refractivity contribution is 8.18. The average Bonchev–Trinajstić information content (AvgIpc) is 3.02. The molecule has 0 bridgehead atoms. The summed E-state index contributed by atoms with van der Waals surface area (Å²) in [7, 11) is 0. The lowest BCUT2D eigenvalue weighted by atomic mass is 10.2. The Labute approximate surface area is 188 Å². The maximum atomic E-state index is 12.3. The largest absolute Gasteiger partial charge is 0.479 e. The summed E-state index contributed by atoms with van der Waals surface area (Å²) in [5.41, 5.74) is 2.49. The standard InChI is InChI=1S/C21H18Cl2N2O4S/c1-3-28-18(26)11-29-19-15(22)8-13(9-16(19)23)10-17-20(27)25-21(30-17)24-14-6-4-12(2)5-7-14/h4-10H,3,11H2,1-2H3,(H,24,25,27)/b17-10+. The molecule has 156 valence electrons. The van der Waals surface area contributed by atoms with Crippen molar-refractivity contribution in [2.75, 3.05) is 13.2 Å². The number of esters is 1. The third-order valence-electron chi connectivity index (χ3n) is 3.87. The molecule has 1 amide bonds. The maximum absolute atomic E-state index is 12.3. The zero-order valence-electron chi connectivity index (χ0n) is 16.2. The van der Waals surface area contributed by atoms with Crippen molar-refractivity contribution in [1.29, 1.82) is 0 Å². The van der Waals surface area contributed by atoms with E-state index in [2.05, 4.69) is 10.3 Å². The molecule has 1 aliphatic heterocycles. The molecule has 0 unspecified atom stereocenters. The molecule has 0 saturated carbocycles. The van der Waals surface area contributed by atoms with Crippen LogP contribution in [0.4, 0.5) is 5.69 Å². The fraction of sp³-hybridized carbons (Fsp3) is 0.190. The normalized spacial score (nSPS) is 16.1. The van der Waals surface area contributed by atoms with Gasteiger partial charge in [-0.05, 0) is 61.5 Å². The van der Waals surface area contributed by atoms with Crippen LogP contribution in [0.2, 0.25) is 10.0 Å². The van der Waals surface area contributed by atoms with Gasteiger partial charge in [0.1, 0.15) is 0 Å². The second-order valence-electron chi connectivity index (χ2n) is 6.22. The highest BCUT2D eigenvalue weighted by atomic mass is 35.5. The van der Waals surface area contributed by atoms with Gasteiger partial charge in [-0.2, -0.15) is 0 Å². The molecule has 3 rings (SSSR count). The first-order chi connectivity index (χ1) is 14.4. The summed E-state index contributed by atoms with van der Waals surface area (Å²) < 4.78 is 10.2. The third kappa shape index (κ3) is 5.78. The monoisotopic (exact) mass is 464 g/mol. The van der Waals surface area contributed by atoms with Crippen LogP contribution < -0.4 is 10.1 Å². The first-order valence-corrected chi connectivity index (χ1v) is 10.6. The van der Waals surface area contributed by atoms with Crippen molar-refractivity contribution >= 4 is 63.8 Å². The van der Waals surface area contributed by atoms with Crippen molar-refractivity contribution in [3.8, 4) is 5.75 Å². The van der Waals surface area contributed by atoms with Gasteiger partial charge in [-0.25, -0.2) is 9.79 Å². The van der Waals surface area contributed by atoms with Crippen molar-refractivity contribution in [2.24, 2.45) is 4.99 Å². The van der Waals surface area contributed by atoms with Crippen LogP contribution in [0.25, 0.3) is 6.08 Å². The van der Waals surface area contributed by atoms with Crippen LogP contribution in [0.5, 0.6) is 5.75 Å². The Morgan fingerprint density at radius 2 is 1.87 bits per heavy atom. The average molecular weight is 465 g/mol. The number of aryl methyl sites for hydroxylation is 1. The van der Waals surface area contributed by atoms with E-state index in [1.807, 2.05) is 31.2 Å². The molecule has 0 aromatic heterocycles. The van der Waals surface area contributed by atoms with Crippen LogP contribution in [-0.4, -0.2) is 30.3 Å². The number of halogens is 2. The van der Waals surface area contributed by atoms with Gasteiger partial charge in [0.2, 0.25) is 0 Å². The Bertz CT molecular complexity index is 1010. The number of carbonyl (C=O) groups is 2. The minimum absolute atomic E-state index is 0.179. The van der Waals surface area contributed by atoms with Gasteiger partial charge in [0.25, 0.3) is 5.91 Å². The van der Waals surface area contributed by atoms with Crippen LogP contribution in [0, 0.1) is 6.92 Å². The Morgan fingerprint density at radius 1 is 1.20 bits per heavy atom. The summed E-state index contributed by atoms with van der Waals surface area (Å²) in [6.07, 6.45) is 1.66. The van der Waals surface area contributed by atoms with Gasteiger partial charge < -0.3 is 14.8 Å². The van der Waals surface area contributed by atoms with Crippen molar-refractivity contribution in [2.45, 2.75) is 13.8 Å². The van der Waals surface area contributed by atoms with Crippen LogP contribution in [-0.2, 0) is 14.3 Å². The molecule has 1 aliphatic rings. The summed E-state index contributed by atoms with van der Waals surface area (Å²) in [5.74, 6) is -0.602. The predicted molar refractivity (Wildman–Crippen MR) is 121 cm³/mol. The number of thioether (sulfide) groups is 1. The van der Waals surface area contributed by atoms with E-state index < -0.39 is 5.97 Å². The number of ether oxygens (including phenoxy) is 2. The molecular weight excluding hydrogens is 447 g/mol.